The highest BCUT2D eigenvalue weighted by Gasteiger charge is 2.21. The zero-order valence-electron chi connectivity index (χ0n) is 15.2. The van der Waals surface area contributed by atoms with Crippen LogP contribution < -0.4 is 16.4 Å². The highest BCUT2D eigenvalue weighted by Crippen LogP contribution is 2.27. The van der Waals surface area contributed by atoms with Crippen LogP contribution in [-0.2, 0) is 6.54 Å². The Bertz CT molecular complexity index is 865. The van der Waals surface area contributed by atoms with E-state index in [2.05, 4.69) is 46.9 Å². The van der Waals surface area contributed by atoms with Gasteiger partial charge in [0.1, 0.15) is 11.6 Å². The number of anilines is 2. The number of nitrogens with two attached hydrogens (primary N) is 1. The van der Waals surface area contributed by atoms with Crippen molar-refractivity contribution in [2.75, 3.05) is 10.6 Å². The van der Waals surface area contributed by atoms with Crippen molar-refractivity contribution in [3.8, 4) is 0 Å². The lowest BCUT2D eigenvalue weighted by Gasteiger charge is -2.28. The molecule has 0 atom stereocenters. The van der Waals surface area contributed by atoms with Gasteiger partial charge in [-0.25, -0.2) is 4.98 Å². The van der Waals surface area contributed by atoms with Crippen LogP contribution in [0.2, 0.25) is 0 Å². The molecular formula is C20H26N6. The minimum absolute atomic E-state index is 0.350. The second-order valence-corrected chi connectivity index (χ2v) is 7.13. The van der Waals surface area contributed by atoms with Crippen LogP contribution in [0.3, 0.4) is 0 Å². The minimum atomic E-state index is 0.350. The quantitative estimate of drug-likeness (QED) is 0.658. The predicted molar refractivity (Wildman–Crippen MR) is 105 cm³/mol. The molecule has 1 aliphatic carbocycles. The van der Waals surface area contributed by atoms with Crippen molar-refractivity contribution in [1.29, 1.82) is 0 Å². The largest absolute Gasteiger partial charge is 0.367 e. The Hall–Kier alpha value is -2.60. The van der Waals surface area contributed by atoms with Crippen molar-refractivity contribution >= 4 is 17.3 Å². The molecule has 1 fully saturated rings. The molecule has 0 spiro atoms. The molecule has 1 saturated carbocycles. The van der Waals surface area contributed by atoms with E-state index >= 15 is 0 Å². The first-order valence-corrected chi connectivity index (χ1v) is 9.35. The smallest absolute Gasteiger partial charge is 0.159 e. The summed E-state index contributed by atoms with van der Waals surface area (Å²) < 4.78 is 1.88. The second kappa shape index (κ2) is 7.33. The first-order chi connectivity index (χ1) is 12.7. The van der Waals surface area contributed by atoms with Gasteiger partial charge in [0.25, 0.3) is 0 Å². The van der Waals surface area contributed by atoms with Crippen molar-refractivity contribution in [2.45, 2.75) is 51.2 Å². The van der Waals surface area contributed by atoms with Crippen molar-refractivity contribution in [3.63, 3.8) is 0 Å². The number of aromatic nitrogens is 3. The topological polar surface area (TPSA) is 80.3 Å². The standard InChI is InChI=1S/C20H26N6/c1-14-19(24-17-9-7-16(21)8-10-17)25-18-11-12-23-26(18)20(14)22-13-15-5-3-2-4-6-15/h2-6,11-12,16-17,22H,7-10,13,21H2,1H3,(H,24,25). The molecule has 0 saturated heterocycles. The molecule has 0 aliphatic heterocycles. The van der Waals surface area contributed by atoms with Gasteiger partial charge in [0.05, 0.1) is 6.20 Å². The van der Waals surface area contributed by atoms with Crippen molar-refractivity contribution in [3.05, 3.63) is 53.7 Å². The number of benzene rings is 1. The van der Waals surface area contributed by atoms with Crippen LogP contribution in [0.4, 0.5) is 11.6 Å². The van der Waals surface area contributed by atoms with Gasteiger partial charge in [-0.1, -0.05) is 30.3 Å². The third-order valence-electron chi connectivity index (χ3n) is 5.19. The fraction of sp³-hybridized carbons (Fsp3) is 0.400. The SMILES string of the molecule is Cc1c(NC2CCC(N)CC2)nc2ccnn2c1NCc1ccccc1. The molecule has 2 aromatic heterocycles. The fourth-order valence-electron chi connectivity index (χ4n) is 3.61. The Morgan fingerprint density at radius 2 is 1.88 bits per heavy atom. The molecular weight excluding hydrogens is 324 g/mol. The third kappa shape index (κ3) is 3.51. The number of hydrogen-bond acceptors (Lipinski definition) is 5. The van der Waals surface area contributed by atoms with Crippen LogP contribution >= 0.6 is 0 Å². The van der Waals surface area contributed by atoms with Gasteiger partial charge in [0, 0.05) is 30.3 Å². The molecule has 0 radical (unpaired) electrons. The maximum atomic E-state index is 6.03. The molecule has 2 heterocycles. The number of nitrogens with zero attached hydrogens (tertiary/aromatic N) is 3. The molecule has 136 valence electrons. The Morgan fingerprint density at radius 3 is 2.65 bits per heavy atom. The zero-order chi connectivity index (χ0) is 17.9. The molecule has 6 nitrogen and oxygen atoms in total. The summed E-state index contributed by atoms with van der Waals surface area (Å²) in [5.74, 6) is 1.92. The van der Waals surface area contributed by atoms with Crippen LogP contribution in [-0.4, -0.2) is 26.7 Å². The van der Waals surface area contributed by atoms with Gasteiger partial charge in [0.15, 0.2) is 5.65 Å². The van der Waals surface area contributed by atoms with Crippen LogP contribution in [0.15, 0.2) is 42.6 Å². The van der Waals surface area contributed by atoms with Gasteiger partial charge in [-0.2, -0.15) is 9.61 Å². The van der Waals surface area contributed by atoms with E-state index in [0.29, 0.717) is 12.1 Å². The summed E-state index contributed by atoms with van der Waals surface area (Å²) in [4.78, 5) is 4.78. The van der Waals surface area contributed by atoms with E-state index in [0.717, 1.165) is 55.1 Å². The number of rotatable bonds is 5. The molecule has 6 heteroatoms. The van der Waals surface area contributed by atoms with Crippen molar-refractivity contribution in [1.82, 2.24) is 14.6 Å². The Labute approximate surface area is 153 Å². The minimum Gasteiger partial charge on any atom is -0.367 e. The van der Waals surface area contributed by atoms with E-state index < -0.39 is 0 Å². The predicted octanol–water partition coefficient (Wildman–Crippen LogP) is 3.33. The average molecular weight is 350 g/mol. The normalized spacial score (nSPS) is 20.2. The van der Waals surface area contributed by atoms with Crippen molar-refractivity contribution in [2.24, 2.45) is 5.73 Å². The number of hydrogen-bond donors (Lipinski definition) is 3. The van der Waals surface area contributed by atoms with Crippen molar-refractivity contribution < 1.29 is 0 Å². The lowest BCUT2D eigenvalue weighted by molar-refractivity contribution is 0.410. The highest BCUT2D eigenvalue weighted by atomic mass is 15.3. The van der Waals surface area contributed by atoms with Crippen LogP contribution in [0.5, 0.6) is 0 Å². The van der Waals surface area contributed by atoms with Gasteiger partial charge in [-0.05, 0) is 38.2 Å². The maximum absolute atomic E-state index is 6.03. The molecule has 26 heavy (non-hydrogen) atoms. The lowest BCUT2D eigenvalue weighted by Crippen LogP contribution is -2.33. The molecule has 4 N–H and O–H groups in total. The van der Waals surface area contributed by atoms with E-state index in [-0.39, 0.29) is 0 Å². The lowest BCUT2D eigenvalue weighted by atomic mass is 9.92. The van der Waals surface area contributed by atoms with E-state index in [1.807, 2.05) is 16.6 Å². The first-order valence-electron chi connectivity index (χ1n) is 9.35. The van der Waals surface area contributed by atoms with Gasteiger partial charge >= 0.3 is 0 Å². The van der Waals surface area contributed by atoms with E-state index in [9.17, 15) is 0 Å². The third-order valence-corrected chi connectivity index (χ3v) is 5.19. The molecule has 1 aromatic carbocycles. The summed E-state index contributed by atoms with van der Waals surface area (Å²) in [7, 11) is 0. The second-order valence-electron chi connectivity index (χ2n) is 7.13. The molecule has 0 amide bonds. The summed E-state index contributed by atoms with van der Waals surface area (Å²) >= 11 is 0. The van der Waals surface area contributed by atoms with Gasteiger partial charge in [-0.3, -0.25) is 0 Å². The van der Waals surface area contributed by atoms with Crippen LogP contribution in [0.1, 0.15) is 36.8 Å². The van der Waals surface area contributed by atoms with Crippen LogP contribution in [0, 0.1) is 6.92 Å². The van der Waals surface area contributed by atoms with E-state index in [4.69, 9.17) is 10.7 Å². The van der Waals surface area contributed by atoms with Gasteiger partial charge < -0.3 is 16.4 Å². The first kappa shape index (κ1) is 16.8. The monoisotopic (exact) mass is 350 g/mol. The van der Waals surface area contributed by atoms with E-state index in [1.165, 1.54) is 5.56 Å². The number of nitrogens with one attached hydrogen (secondary N) is 2. The Balaban J connectivity index is 1.59. The summed E-state index contributed by atoms with van der Waals surface area (Å²) in [5.41, 5.74) is 9.21. The molecule has 3 aromatic rings. The highest BCUT2D eigenvalue weighted by molar-refractivity contribution is 5.64. The number of fused-ring (bicyclic) bond motifs is 1. The molecule has 1 aliphatic rings. The van der Waals surface area contributed by atoms with Gasteiger partial charge in [-0.15, -0.1) is 0 Å². The summed E-state index contributed by atoms with van der Waals surface area (Å²) in [6.45, 7) is 2.84. The zero-order valence-corrected chi connectivity index (χ0v) is 15.2. The maximum Gasteiger partial charge on any atom is 0.159 e. The summed E-state index contributed by atoms with van der Waals surface area (Å²) in [6.07, 6.45) is 6.13. The molecule has 4 rings (SSSR count). The molecule has 0 bridgehead atoms. The Kier molecular flexibility index (Phi) is 4.75. The Morgan fingerprint density at radius 1 is 1.12 bits per heavy atom. The molecule has 0 unspecified atom stereocenters. The van der Waals surface area contributed by atoms with Crippen LogP contribution in [0.25, 0.3) is 5.65 Å². The van der Waals surface area contributed by atoms with Gasteiger partial charge in [0.2, 0.25) is 0 Å². The summed E-state index contributed by atoms with van der Waals surface area (Å²) in [6, 6.07) is 13.1. The average Bonchev–Trinajstić information content (AvgIpc) is 3.12. The fourth-order valence-corrected chi connectivity index (χ4v) is 3.61. The summed E-state index contributed by atoms with van der Waals surface area (Å²) in [5, 5.41) is 11.6. The van der Waals surface area contributed by atoms with E-state index in [1.54, 1.807) is 6.20 Å².